The van der Waals surface area contributed by atoms with Gasteiger partial charge in [0.25, 0.3) is 0 Å². The first-order valence-electron chi connectivity index (χ1n) is 15.7. The van der Waals surface area contributed by atoms with E-state index >= 15 is 0 Å². The maximum atomic E-state index is 13.5. The molecule has 0 bridgehead atoms. The van der Waals surface area contributed by atoms with Crippen LogP contribution in [0, 0.1) is 17.3 Å². The Hall–Kier alpha value is -1.71. The SMILES string of the molecule is C=C1/C(=C\C=C2/CCC[C@]3(C)C([C@H](C)OCC(=O)NCC(F)(F)C(C)(F)F)=CCC23)CC(C)CC1O[Si](C)(C)C(C)(C)C. The second-order valence-electron chi connectivity index (χ2n) is 14.9. The maximum absolute atomic E-state index is 13.5. The third-order valence-corrected chi connectivity index (χ3v) is 14.9. The molecule has 0 saturated heterocycles. The van der Waals surface area contributed by atoms with E-state index in [9.17, 15) is 22.4 Å². The summed E-state index contributed by atoms with van der Waals surface area (Å²) in [5.41, 5.74) is 4.73. The number of carbonyl (C=O) groups excluding carboxylic acids is 1. The van der Waals surface area contributed by atoms with E-state index < -0.39 is 45.3 Å². The lowest BCUT2D eigenvalue weighted by molar-refractivity contribution is -0.194. The second kappa shape index (κ2) is 13.0. The number of carbonyl (C=O) groups is 1. The molecule has 3 unspecified atom stereocenters. The first kappa shape index (κ1) is 35.8. The van der Waals surface area contributed by atoms with Gasteiger partial charge in [0.05, 0.1) is 18.8 Å². The van der Waals surface area contributed by atoms with E-state index in [0.717, 1.165) is 49.7 Å². The van der Waals surface area contributed by atoms with Crippen LogP contribution >= 0.6 is 0 Å². The average molecular weight is 628 g/mol. The summed E-state index contributed by atoms with van der Waals surface area (Å²) >= 11 is 0. The minimum absolute atomic E-state index is 0.0468. The highest BCUT2D eigenvalue weighted by Gasteiger charge is 2.52. The molecule has 0 aromatic heterocycles. The average Bonchev–Trinajstić information content (AvgIpc) is 3.23. The number of ether oxygens (including phenoxy) is 1. The van der Waals surface area contributed by atoms with Gasteiger partial charge in [-0.15, -0.1) is 0 Å². The third-order valence-electron chi connectivity index (χ3n) is 10.4. The third kappa shape index (κ3) is 8.12. The highest BCUT2D eigenvalue weighted by Crippen LogP contribution is 2.56. The van der Waals surface area contributed by atoms with Gasteiger partial charge in [-0.1, -0.05) is 65.0 Å². The summed E-state index contributed by atoms with van der Waals surface area (Å²) in [4.78, 5) is 12.1. The summed E-state index contributed by atoms with van der Waals surface area (Å²) in [5, 5.41) is 2.01. The molecule has 1 N–H and O–H groups in total. The first-order valence-corrected chi connectivity index (χ1v) is 18.6. The molecule has 0 aliphatic heterocycles. The second-order valence-corrected chi connectivity index (χ2v) is 19.7. The van der Waals surface area contributed by atoms with Gasteiger partial charge in [0, 0.05) is 6.92 Å². The van der Waals surface area contributed by atoms with Crippen LogP contribution < -0.4 is 5.32 Å². The van der Waals surface area contributed by atoms with Crippen LogP contribution in [-0.4, -0.2) is 51.4 Å². The minimum Gasteiger partial charge on any atom is -0.410 e. The fourth-order valence-corrected chi connectivity index (χ4v) is 7.83. The molecule has 2 saturated carbocycles. The molecule has 244 valence electrons. The number of amides is 1. The van der Waals surface area contributed by atoms with Gasteiger partial charge in [-0.2, -0.15) is 8.78 Å². The molecular weight excluding hydrogens is 574 g/mol. The fraction of sp³-hybridized carbons (Fsp3) is 0.735. The smallest absolute Gasteiger partial charge is 0.326 e. The standard InChI is InChI=1S/C34H53F4NO3Si/c1-22-18-26(23(2)29(19-22)42-43(9,10)31(4,5)6)14-13-25-12-11-17-32(7)27(15-16-28(25)32)24(3)41-20-30(40)39-21-34(37,38)33(8,35)36/h13-15,22,24,28-29H,2,11-12,16-21H2,1,3-10H3,(H,39,40)/b25-13+,26-14-/t22?,24-,28?,29?,32+/m0/s1. The van der Waals surface area contributed by atoms with Crippen molar-refractivity contribution in [1.29, 1.82) is 0 Å². The van der Waals surface area contributed by atoms with E-state index in [1.54, 1.807) is 0 Å². The molecule has 5 atom stereocenters. The number of rotatable bonds is 10. The quantitative estimate of drug-likeness (QED) is 0.149. The van der Waals surface area contributed by atoms with Gasteiger partial charge in [-0.3, -0.25) is 4.79 Å². The molecule has 3 aliphatic carbocycles. The Bertz CT molecular complexity index is 1150. The molecule has 9 heteroatoms. The van der Waals surface area contributed by atoms with Crippen molar-refractivity contribution in [3.8, 4) is 0 Å². The van der Waals surface area contributed by atoms with Crippen molar-refractivity contribution < 1.29 is 31.5 Å². The van der Waals surface area contributed by atoms with Crippen LogP contribution in [0.4, 0.5) is 17.6 Å². The molecule has 4 nitrogen and oxygen atoms in total. The number of alkyl halides is 4. The largest absolute Gasteiger partial charge is 0.410 e. The normalized spacial score (nSPS) is 29.9. The number of hydrogen-bond acceptors (Lipinski definition) is 3. The lowest BCUT2D eigenvalue weighted by Crippen LogP contribution is -2.48. The molecule has 1 amide bonds. The Morgan fingerprint density at radius 2 is 1.86 bits per heavy atom. The van der Waals surface area contributed by atoms with Crippen molar-refractivity contribution in [3.05, 3.63) is 47.1 Å². The Kier molecular flexibility index (Phi) is 10.8. The monoisotopic (exact) mass is 627 g/mol. The van der Waals surface area contributed by atoms with Gasteiger partial charge in [0.1, 0.15) is 6.61 Å². The topological polar surface area (TPSA) is 47.6 Å². The van der Waals surface area contributed by atoms with E-state index in [-0.39, 0.29) is 23.5 Å². The highest BCUT2D eigenvalue weighted by molar-refractivity contribution is 6.74. The predicted octanol–water partition coefficient (Wildman–Crippen LogP) is 9.16. The van der Waals surface area contributed by atoms with E-state index in [2.05, 4.69) is 72.5 Å². The number of nitrogens with one attached hydrogen (secondary N) is 1. The molecule has 2 fully saturated rings. The summed E-state index contributed by atoms with van der Waals surface area (Å²) in [6.45, 7) is 20.5. The van der Waals surface area contributed by atoms with Crippen LogP contribution in [0.15, 0.2) is 47.1 Å². The molecule has 3 aliphatic rings. The van der Waals surface area contributed by atoms with Crippen molar-refractivity contribution in [3.63, 3.8) is 0 Å². The van der Waals surface area contributed by atoms with Crippen molar-refractivity contribution in [2.45, 2.75) is 129 Å². The van der Waals surface area contributed by atoms with Crippen LogP contribution in [0.3, 0.4) is 0 Å². The lowest BCUT2D eigenvalue weighted by atomic mass is 9.63. The number of halogens is 4. The van der Waals surface area contributed by atoms with Gasteiger partial charge < -0.3 is 14.5 Å². The summed E-state index contributed by atoms with van der Waals surface area (Å²) in [5.74, 6) is -8.57. The Morgan fingerprint density at radius 1 is 1.21 bits per heavy atom. The van der Waals surface area contributed by atoms with Crippen LogP contribution in [-0.2, 0) is 14.0 Å². The lowest BCUT2D eigenvalue weighted by Gasteiger charge is -2.43. The van der Waals surface area contributed by atoms with E-state index in [1.165, 1.54) is 11.1 Å². The fourth-order valence-electron chi connectivity index (χ4n) is 6.53. The van der Waals surface area contributed by atoms with Gasteiger partial charge in [0.15, 0.2) is 8.32 Å². The number of allylic oxidation sites excluding steroid dienone is 4. The Labute approximate surface area is 257 Å². The van der Waals surface area contributed by atoms with E-state index in [4.69, 9.17) is 9.16 Å². The zero-order chi connectivity index (χ0) is 32.6. The minimum atomic E-state index is -4.33. The molecule has 0 aromatic rings. The maximum Gasteiger partial charge on any atom is 0.326 e. The van der Waals surface area contributed by atoms with Crippen molar-refractivity contribution in [1.82, 2.24) is 5.32 Å². The molecule has 0 heterocycles. The number of fused-ring (bicyclic) bond motifs is 1. The highest BCUT2D eigenvalue weighted by atomic mass is 28.4. The zero-order valence-electron chi connectivity index (χ0n) is 27.6. The molecule has 43 heavy (non-hydrogen) atoms. The molecular formula is C34H53F4NO3Si. The van der Waals surface area contributed by atoms with E-state index in [1.807, 2.05) is 12.2 Å². The van der Waals surface area contributed by atoms with Gasteiger partial charge in [-0.25, -0.2) is 8.78 Å². The van der Waals surface area contributed by atoms with E-state index in [0.29, 0.717) is 11.8 Å². The van der Waals surface area contributed by atoms with Crippen molar-refractivity contribution in [2.24, 2.45) is 17.3 Å². The number of hydrogen-bond donors (Lipinski definition) is 1. The zero-order valence-corrected chi connectivity index (χ0v) is 28.6. The van der Waals surface area contributed by atoms with Crippen molar-refractivity contribution in [2.75, 3.05) is 13.2 Å². The molecule has 0 aromatic carbocycles. The van der Waals surface area contributed by atoms with Crippen molar-refractivity contribution >= 4 is 14.2 Å². The van der Waals surface area contributed by atoms with Gasteiger partial charge in [0.2, 0.25) is 5.91 Å². The summed E-state index contributed by atoms with van der Waals surface area (Å²) in [6, 6.07) is 0. The summed E-state index contributed by atoms with van der Waals surface area (Å²) in [7, 11) is -1.94. The van der Waals surface area contributed by atoms with Crippen LogP contribution in [0.2, 0.25) is 18.1 Å². The Morgan fingerprint density at radius 3 is 2.47 bits per heavy atom. The van der Waals surface area contributed by atoms with Crippen LogP contribution in [0.25, 0.3) is 0 Å². The molecule has 0 spiro atoms. The molecule has 3 rings (SSSR count). The van der Waals surface area contributed by atoms with Gasteiger partial charge >= 0.3 is 11.8 Å². The van der Waals surface area contributed by atoms with Gasteiger partial charge in [-0.05, 0) is 97.6 Å². The van der Waals surface area contributed by atoms with Crippen LogP contribution in [0.1, 0.15) is 87.0 Å². The summed E-state index contributed by atoms with van der Waals surface area (Å²) in [6.07, 6.45) is 12.3. The Balaban J connectivity index is 1.67. The first-order chi connectivity index (χ1) is 19.6. The predicted molar refractivity (Wildman–Crippen MR) is 168 cm³/mol. The molecule has 0 radical (unpaired) electrons. The van der Waals surface area contributed by atoms with Crippen LogP contribution in [0.5, 0.6) is 0 Å². The summed E-state index contributed by atoms with van der Waals surface area (Å²) < 4.78 is 65.8.